The van der Waals surface area contributed by atoms with E-state index in [1.54, 1.807) is 0 Å². The SMILES string of the molecule is CC1(C)CC(=O)C2=C(C1)O[C@H](c1c3ccccc3cc3ccccc13)C(C#N)=C2N. The Labute approximate surface area is 175 Å². The number of nitrogens with zero attached hydrogens (tertiary/aromatic N) is 1. The lowest BCUT2D eigenvalue weighted by molar-refractivity contribution is -0.118. The van der Waals surface area contributed by atoms with Gasteiger partial charge >= 0.3 is 0 Å². The molecule has 3 aromatic rings. The Morgan fingerprint density at radius 3 is 2.23 bits per heavy atom. The van der Waals surface area contributed by atoms with E-state index >= 15 is 0 Å². The van der Waals surface area contributed by atoms with Gasteiger partial charge in [0.25, 0.3) is 0 Å². The summed E-state index contributed by atoms with van der Waals surface area (Å²) in [6.07, 6.45) is 0.370. The summed E-state index contributed by atoms with van der Waals surface area (Å²) in [5, 5.41) is 14.2. The number of hydrogen-bond acceptors (Lipinski definition) is 4. The molecule has 1 atom stereocenters. The molecular weight excluding hydrogens is 372 g/mol. The fraction of sp³-hybridized carbons (Fsp3) is 0.231. The van der Waals surface area contributed by atoms with Crippen LogP contribution >= 0.6 is 0 Å². The molecule has 1 aliphatic heterocycles. The van der Waals surface area contributed by atoms with Gasteiger partial charge in [-0.15, -0.1) is 0 Å². The molecular formula is C26H22N2O2. The number of allylic oxidation sites excluding steroid dienone is 2. The van der Waals surface area contributed by atoms with E-state index in [2.05, 4.69) is 38.1 Å². The smallest absolute Gasteiger partial charge is 0.168 e. The van der Waals surface area contributed by atoms with Gasteiger partial charge in [0.15, 0.2) is 11.9 Å². The minimum absolute atomic E-state index is 0.0484. The highest BCUT2D eigenvalue weighted by Crippen LogP contribution is 2.48. The van der Waals surface area contributed by atoms with Crippen molar-refractivity contribution in [3.8, 4) is 6.07 Å². The van der Waals surface area contributed by atoms with Gasteiger partial charge in [0.05, 0.1) is 16.8 Å². The molecule has 3 aromatic carbocycles. The van der Waals surface area contributed by atoms with Crippen molar-refractivity contribution in [2.75, 3.05) is 0 Å². The Kier molecular flexibility index (Phi) is 3.98. The largest absolute Gasteiger partial charge is 0.484 e. The van der Waals surface area contributed by atoms with Gasteiger partial charge in [-0.3, -0.25) is 4.79 Å². The van der Waals surface area contributed by atoms with Crippen LogP contribution in [0.3, 0.4) is 0 Å². The van der Waals surface area contributed by atoms with Crippen molar-refractivity contribution in [1.29, 1.82) is 5.26 Å². The number of ketones is 1. The molecule has 0 saturated heterocycles. The van der Waals surface area contributed by atoms with Gasteiger partial charge in [-0.1, -0.05) is 62.4 Å². The first-order chi connectivity index (χ1) is 14.4. The molecule has 0 aromatic heterocycles. The van der Waals surface area contributed by atoms with Crippen molar-refractivity contribution in [1.82, 2.24) is 0 Å². The predicted molar refractivity (Wildman–Crippen MR) is 117 cm³/mol. The standard InChI is InChI=1S/C26H22N2O2/c1-26(2)12-20(29)23-21(13-26)30-25(19(14-27)24(23)28)22-17-9-5-3-7-15(17)11-16-8-4-6-10-18(16)22/h3-11,25H,12-13,28H2,1-2H3/t25-/m0/s1. The van der Waals surface area contributed by atoms with Crippen LogP contribution in [-0.2, 0) is 9.53 Å². The Bertz CT molecular complexity index is 1280. The number of benzene rings is 3. The molecule has 5 rings (SSSR count). The lowest BCUT2D eigenvalue weighted by Crippen LogP contribution is -2.33. The second kappa shape index (κ2) is 6.47. The van der Waals surface area contributed by atoms with Crippen molar-refractivity contribution in [3.63, 3.8) is 0 Å². The molecule has 148 valence electrons. The van der Waals surface area contributed by atoms with Crippen molar-refractivity contribution in [2.45, 2.75) is 32.8 Å². The van der Waals surface area contributed by atoms with Crippen LogP contribution in [0, 0.1) is 16.7 Å². The quantitative estimate of drug-likeness (QED) is 0.557. The zero-order valence-electron chi connectivity index (χ0n) is 17.0. The average molecular weight is 394 g/mol. The number of fused-ring (bicyclic) bond motifs is 2. The summed E-state index contributed by atoms with van der Waals surface area (Å²) in [7, 11) is 0. The van der Waals surface area contributed by atoms with Crippen LogP contribution in [0.1, 0.15) is 38.4 Å². The summed E-state index contributed by atoms with van der Waals surface area (Å²) < 4.78 is 6.47. The van der Waals surface area contributed by atoms with Crippen LogP contribution in [0.2, 0.25) is 0 Å². The molecule has 4 heteroatoms. The molecule has 2 N–H and O–H groups in total. The van der Waals surface area contributed by atoms with E-state index < -0.39 is 6.10 Å². The predicted octanol–water partition coefficient (Wildman–Crippen LogP) is 5.44. The lowest BCUT2D eigenvalue weighted by atomic mass is 9.74. The molecule has 1 heterocycles. The topological polar surface area (TPSA) is 76.1 Å². The summed E-state index contributed by atoms with van der Waals surface area (Å²) in [6, 6.07) is 20.6. The molecule has 0 saturated carbocycles. The maximum Gasteiger partial charge on any atom is 0.168 e. The van der Waals surface area contributed by atoms with Gasteiger partial charge in [-0.25, -0.2) is 0 Å². The number of ether oxygens (including phenoxy) is 1. The summed E-state index contributed by atoms with van der Waals surface area (Å²) >= 11 is 0. The highest BCUT2D eigenvalue weighted by atomic mass is 16.5. The second-order valence-corrected chi connectivity index (χ2v) is 8.91. The number of nitriles is 1. The summed E-state index contributed by atoms with van der Waals surface area (Å²) in [5.74, 6) is 0.558. The molecule has 1 aliphatic carbocycles. The monoisotopic (exact) mass is 394 g/mol. The fourth-order valence-corrected chi connectivity index (χ4v) is 4.80. The van der Waals surface area contributed by atoms with Gasteiger partial charge < -0.3 is 10.5 Å². The number of Topliss-reactive ketones (excluding diaryl/α,β-unsaturated/α-hetero) is 1. The Morgan fingerprint density at radius 1 is 1.03 bits per heavy atom. The van der Waals surface area contributed by atoms with E-state index in [9.17, 15) is 10.1 Å². The van der Waals surface area contributed by atoms with Crippen molar-refractivity contribution >= 4 is 27.3 Å². The summed E-state index contributed by atoms with van der Waals surface area (Å²) in [4.78, 5) is 12.8. The van der Waals surface area contributed by atoms with Crippen molar-refractivity contribution < 1.29 is 9.53 Å². The fourth-order valence-electron chi connectivity index (χ4n) is 4.80. The van der Waals surface area contributed by atoms with Crippen LogP contribution in [0.15, 0.2) is 77.2 Å². The van der Waals surface area contributed by atoms with E-state index in [-0.39, 0.29) is 16.9 Å². The zero-order valence-corrected chi connectivity index (χ0v) is 17.0. The molecule has 2 aliphatic rings. The van der Waals surface area contributed by atoms with E-state index in [0.29, 0.717) is 29.7 Å². The molecule has 0 unspecified atom stereocenters. The third kappa shape index (κ3) is 2.70. The van der Waals surface area contributed by atoms with E-state index in [1.807, 2.05) is 36.4 Å². The minimum Gasteiger partial charge on any atom is -0.484 e. The average Bonchev–Trinajstić information content (AvgIpc) is 2.70. The number of rotatable bonds is 1. The Hall–Kier alpha value is -3.58. The summed E-state index contributed by atoms with van der Waals surface area (Å²) in [6.45, 7) is 4.11. The number of hydrogen-bond donors (Lipinski definition) is 1. The third-order valence-corrected chi connectivity index (χ3v) is 6.11. The van der Waals surface area contributed by atoms with Gasteiger partial charge in [0.2, 0.25) is 0 Å². The van der Waals surface area contributed by atoms with Crippen LogP contribution < -0.4 is 5.73 Å². The van der Waals surface area contributed by atoms with E-state index in [4.69, 9.17) is 10.5 Å². The number of carbonyl (C=O) groups excluding carboxylic acids is 1. The first-order valence-corrected chi connectivity index (χ1v) is 10.1. The maximum absolute atomic E-state index is 12.8. The van der Waals surface area contributed by atoms with Gasteiger partial charge in [-0.05, 0) is 33.0 Å². The van der Waals surface area contributed by atoms with Crippen LogP contribution in [0.4, 0.5) is 0 Å². The normalized spacial score (nSPS) is 20.8. The Balaban J connectivity index is 1.81. The molecule has 0 spiro atoms. The third-order valence-electron chi connectivity index (χ3n) is 6.11. The molecule has 0 fully saturated rings. The van der Waals surface area contributed by atoms with Crippen molar-refractivity contribution in [2.24, 2.45) is 11.1 Å². The minimum atomic E-state index is -0.647. The summed E-state index contributed by atoms with van der Waals surface area (Å²) in [5.41, 5.74) is 8.13. The highest BCUT2D eigenvalue weighted by molar-refractivity contribution is 6.04. The molecule has 0 amide bonds. The molecule has 30 heavy (non-hydrogen) atoms. The van der Waals surface area contributed by atoms with E-state index in [0.717, 1.165) is 27.1 Å². The van der Waals surface area contributed by atoms with Crippen LogP contribution in [0.25, 0.3) is 21.5 Å². The highest BCUT2D eigenvalue weighted by Gasteiger charge is 2.41. The van der Waals surface area contributed by atoms with Gasteiger partial charge in [0.1, 0.15) is 11.8 Å². The zero-order chi connectivity index (χ0) is 21.0. The van der Waals surface area contributed by atoms with Crippen LogP contribution in [-0.4, -0.2) is 5.78 Å². The van der Waals surface area contributed by atoms with Gasteiger partial charge in [0, 0.05) is 18.4 Å². The Morgan fingerprint density at radius 2 is 1.63 bits per heavy atom. The maximum atomic E-state index is 12.8. The number of carbonyl (C=O) groups is 1. The molecule has 4 nitrogen and oxygen atoms in total. The number of nitrogens with two attached hydrogens (primary N) is 1. The molecule has 0 radical (unpaired) electrons. The second-order valence-electron chi connectivity index (χ2n) is 8.91. The first-order valence-electron chi connectivity index (χ1n) is 10.1. The van der Waals surface area contributed by atoms with Gasteiger partial charge in [-0.2, -0.15) is 5.26 Å². The van der Waals surface area contributed by atoms with Crippen molar-refractivity contribution in [3.05, 3.63) is 82.8 Å². The first kappa shape index (κ1) is 18.4. The van der Waals surface area contributed by atoms with Crippen LogP contribution in [0.5, 0.6) is 0 Å². The molecule has 0 bridgehead atoms. The van der Waals surface area contributed by atoms with E-state index in [1.165, 1.54) is 0 Å². The lowest BCUT2D eigenvalue weighted by Gasteiger charge is -2.37.